The third-order valence-corrected chi connectivity index (χ3v) is 8.23. The van der Waals surface area contributed by atoms with Crippen LogP contribution in [0.3, 0.4) is 0 Å². The molecule has 2 aromatic heterocycles. The van der Waals surface area contributed by atoms with Crippen LogP contribution in [-0.4, -0.2) is 37.4 Å². The maximum atomic E-state index is 12.8. The lowest BCUT2D eigenvalue weighted by molar-refractivity contribution is -0.199. The Kier molecular flexibility index (Phi) is 6.26. The maximum Gasteiger partial charge on any atom is 0.288 e. The van der Waals surface area contributed by atoms with E-state index in [1.807, 2.05) is 26.0 Å². The Labute approximate surface area is 198 Å². The van der Waals surface area contributed by atoms with Gasteiger partial charge in [0.05, 0.1) is 29.6 Å². The molecule has 3 saturated carbocycles. The molecule has 2 aromatic rings. The second-order valence-corrected chi connectivity index (χ2v) is 10.5. The fourth-order valence-electron chi connectivity index (χ4n) is 5.64. The number of carbonyl (C=O) groups is 1. The van der Waals surface area contributed by atoms with E-state index in [9.17, 15) is 14.7 Å². The second kappa shape index (κ2) is 8.72. The van der Waals surface area contributed by atoms with Gasteiger partial charge in [-0.1, -0.05) is 32.4 Å². The fourth-order valence-corrected chi connectivity index (χ4v) is 5.84. The minimum Gasteiger partial charge on any atom is -0.388 e. The van der Waals surface area contributed by atoms with Gasteiger partial charge in [0.1, 0.15) is 11.6 Å². The third kappa shape index (κ3) is 4.26. The van der Waals surface area contributed by atoms with Crippen molar-refractivity contribution >= 4 is 23.2 Å². The largest absolute Gasteiger partial charge is 0.388 e. The van der Waals surface area contributed by atoms with Crippen molar-refractivity contribution in [2.45, 2.75) is 71.2 Å². The van der Waals surface area contributed by atoms with E-state index in [2.05, 4.69) is 34.6 Å². The number of nitrogens with one attached hydrogen (secondary N) is 2. The normalized spacial score (nSPS) is 28.5. The lowest BCUT2D eigenvalue weighted by Gasteiger charge is -2.65. The average Bonchev–Trinajstić information content (AvgIpc) is 2.78. The molecule has 1 unspecified atom stereocenters. The van der Waals surface area contributed by atoms with E-state index in [4.69, 9.17) is 11.6 Å². The molecule has 5 atom stereocenters. The number of hydrogen-bond acceptors (Lipinski definition) is 6. The van der Waals surface area contributed by atoms with Crippen molar-refractivity contribution < 1.29 is 9.90 Å². The zero-order chi connectivity index (χ0) is 24.0. The molecule has 2 heterocycles. The standard InChI is InChI=1S/C24H32ClN5O3/c1-5-16(14-6-8-26-9-7-14)29-20(31)13-30-22(32)21(25)17(12-27-30)28-19-11-15-10-18(23(15,2)3)24(19,4)33/h6-9,12,15-16,18-19,28,33H,5,10-11,13H2,1-4H3,(H,29,31)/t15-,16?,18-,19-,24+/m1/s1. The minimum atomic E-state index is -0.918. The summed E-state index contributed by atoms with van der Waals surface area (Å²) in [6.07, 6.45) is 7.32. The molecule has 3 fully saturated rings. The summed E-state index contributed by atoms with van der Waals surface area (Å²) >= 11 is 6.37. The molecule has 3 N–H and O–H groups in total. The first kappa shape index (κ1) is 23.7. The summed E-state index contributed by atoms with van der Waals surface area (Å²) in [7, 11) is 0. The zero-order valence-electron chi connectivity index (χ0n) is 19.5. The van der Waals surface area contributed by atoms with Gasteiger partial charge in [-0.05, 0) is 61.1 Å². The van der Waals surface area contributed by atoms with Crippen LogP contribution >= 0.6 is 11.6 Å². The van der Waals surface area contributed by atoms with Gasteiger partial charge in [0.2, 0.25) is 5.91 Å². The Morgan fingerprint density at radius 2 is 2.00 bits per heavy atom. The number of rotatable bonds is 7. The number of carbonyl (C=O) groups excluding carboxylic acids is 1. The van der Waals surface area contributed by atoms with Crippen LogP contribution < -0.4 is 16.2 Å². The number of halogens is 1. The van der Waals surface area contributed by atoms with Gasteiger partial charge in [-0.2, -0.15) is 5.10 Å². The van der Waals surface area contributed by atoms with Gasteiger partial charge in [0, 0.05) is 12.4 Å². The van der Waals surface area contributed by atoms with E-state index in [-0.39, 0.29) is 40.9 Å². The van der Waals surface area contributed by atoms with Crippen molar-refractivity contribution in [1.29, 1.82) is 0 Å². The fraction of sp³-hybridized carbons (Fsp3) is 0.583. The molecular formula is C24H32ClN5O3. The van der Waals surface area contributed by atoms with E-state index in [1.54, 1.807) is 12.4 Å². The minimum absolute atomic E-state index is 0.0340. The predicted octanol–water partition coefficient (Wildman–Crippen LogP) is 3.16. The Morgan fingerprint density at radius 3 is 2.61 bits per heavy atom. The molecule has 9 heteroatoms. The highest BCUT2D eigenvalue weighted by molar-refractivity contribution is 6.32. The quantitative estimate of drug-likeness (QED) is 0.570. The molecule has 0 aliphatic heterocycles. The molecule has 0 spiro atoms. The van der Waals surface area contributed by atoms with Crippen molar-refractivity contribution in [3.63, 3.8) is 0 Å². The van der Waals surface area contributed by atoms with Gasteiger partial charge >= 0.3 is 0 Å². The molecule has 0 radical (unpaired) electrons. The van der Waals surface area contributed by atoms with Crippen molar-refractivity contribution in [3.8, 4) is 0 Å². The number of hydrogen-bond donors (Lipinski definition) is 3. The lowest BCUT2D eigenvalue weighted by Crippen LogP contribution is -2.68. The maximum absolute atomic E-state index is 12.8. The monoisotopic (exact) mass is 473 g/mol. The third-order valence-electron chi connectivity index (χ3n) is 7.86. The van der Waals surface area contributed by atoms with E-state index in [0.29, 0.717) is 18.0 Å². The molecule has 2 bridgehead atoms. The highest BCUT2D eigenvalue weighted by Gasteiger charge is 2.62. The molecule has 5 rings (SSSR count). The molecule has 0 saturated heterocycles. The van der Waals surface area contributed by atoms with Crippen LogP contribution in [0.1, 0.15) is 58.6 Å². The number of anilines is 1. The van der Waals surface area contributed by atoms with Crippen molar-refractivity contribution in [1.82, 2.24) is 20.1 Å². The van der Waals surface area contributed by atoms with Gasteiger partial charge in [-0.25, -0.2) is 4.68 Å². The topological polar surface area (TPSA) is 109 Å². The van der Waals surface area contributed by atoms with Gasteiger partial charge < -0.3 is 15.7 Å². The second-order valence-electron chi connectivity index (χ2n) is 10.1. The lowest BCUT2D eigenvalue weighted by atomic mass is 9.43. The first-order chi connectivity index (χ1) is 15.6. The predicted molar refractivity (Wildman–Crippen MR) is 127 cm³/mol. The molecule has 178 valence electrons. The molecular weight excluding hydrogens is 442 g/mol. The Morgan fingerprint density at radius 1 is 1.30 bits per heavy atom. The summed E-state index contributed by atoms with van der Waals surface area (Å²) in [4.78, 5) is 29.4. The van der Waals surface area contributed by atoms with Gasteiger partial charge in [0.15, 0.2) is 0 Å². The number of pyridine rings is 1. The van der Waals surface area contributed by atoms with E-state index >= 15 is 0 Å². The summed E-state index contributed by atoms with van der Waals surface area (Å²) in [5.41, 5.74) is -0.0360. The van der Waals surface area contributed by atoms with Crippen LogP contribution in [0.25, 0.3) is 0 Å². The summed E-state index contributed by atoms with van der Waals surface area (Å²) in [6, 6.07) is 3.29. The van der Waals surface area contributed by atoms with E-state index in [0.717, 1.165) is 23.1 Å². The van der Waals surface area contributed by atoms with Crippen LogP contribution in [0.15, 0.2) is 35.5 Å². The van der Waals surface area contributed by atoms with Crippen molar-refractivity contribution in [2.24, 2.45) is 17.3 Å². The first-order valence-corrected chi connectivity index (χ1v) is 11.9. The van der Waals surface area contributed by atoms with Crippen LogP contribution in [0.4, 0.5) is 5.69 Å². The highest BCUT2D eigenvalue weighted by Crippen LogP contribution is 2.63. The Balaban J connectivity index is 1.45. The number of aliphatic hydroxyl groups is 1. The SMILES string of the molecule is CCC(NC(=O)Cn1ncc(N[C@@H]2C[C@H]3C[C@H](C3(C)C)[C@]2(C)O)c(Cl)c1=O)c1ccncc1. The number of fused-ring (bicyclic) bond motifs is 2. The molecule has 3 aliphatic carbocycles. The van der Waals surface area contributed by atoms with E-state index in [1.165, 1.54) is 6.20 Å². The molecule has 8 nitrogen and oxygen atoms in total. The van der Waals surface area contributed by atoms with Crippen LogP contribution in [0, 0.1) is 17.3 Å². The average molecular weight is 474 g/mol. The molecule has 0 aromatic carbocycles. The number of aromatic nitrogens is 3. The summed E-state index contributed by atoms with van der Waals surface area (Å²) in [5.74, 6) is 0.370. The van der Waals surface area contributed by atoms with Gasteiger partial charge in [-0.3, -0.25) is 14.6 Å². The van der Waals surface area contributed by atoms with Crippen molar-refractivity contribution in [3.05, 3.63) is 51.7 Å². The van der Waals surface area contributed by atoms with Gasteiger partial charge in [-0.15, -0.1) is 0 Å². The molecule has 1 amide bonds. The highest BCUT2D eigenvalue weighted by atomic mass is 35.5. The summed E-state index contributed by atoms with van der Waals surface area (Å²) < 4.78 is 1.06. The Bertz CT molecular complexity index is 1090. The number of nitrogens with zero attached hydrogens (tertiary/aromatic N) is 3. The number of amides is 1. The van der Waals surface area contributed by atoms with Crippen LogP contribution in [-0.2, 0) is 11.3 Å². The molecule has 33 heavy (non-hydrogen) atoms. The Hall–Kier alpha value is -2.45. The van der Waals surface area contributed by atoms with E-state index < -0.39 is 11.2 Å². The van der Waals surface area contributed by atoms with Gasteiger partial charge in [0.25, 0.3) is 5.56 Å². The zero-order valence-corrected chi connectivity index (χ0v) is 20.3. The van der Waals surface area contributed by atoms with Crippen LogP contribution in [0.2, 0.25) is 5.02 Å². The smallest absolute Gasteiger partial charge is 0.288 e. The first-order valence-electron chi connectivity index (χ1n) is 11.5. The summed E-state index contributed by atoms with van der Waals surface area (Å²) in [5, 5.41) is 21.5. The van der Waals surface area contributed by atoms with Crippen LogP contribution in [0.5, 0.6) is 0 Å². The summed E-state index contributed by atoms with van der Waals surface area (Å²) in [6.45, 7) is 7.99. The molecule has 3 aliphatic rings. The van der Waals surface area contributed by atoms with Crippen molar-refractivity contribution in [2.75, 3.05) is 5.32 Å².